The van der Waals surface area contributed by atoms with Gasteiger partial charge >= 0.3 is 0 Å². The van der Waals surface area contributed by atoms with E-state index in [4.69, 9.17) is 0 Å². The smallest absolute Gasteiger partial charge is 0.271 e. The van der Waals surface area contributed by atoms with Crippen molar-refractivity contribution in [2.45, 2.75) is 46.0 Å². The van der Waals surface area contributed by atoms with E-state index < -0.39 is 5.91 Å². The minimum absolute atomic E-state index is 0.0628. The molecular weight excluding hydrogens is 356 g/mol. The number of carbonyl (C=O) groups is 1. The van der Waals surface area contributed by atoms with Gasteiger partial charge in [-0.3, -0.25) is 19.3 Å². The molecule has 3 heterocycles. The number of carbonyl (C=O) groups excluding carboxylic acids is 1. The fourth-order valence-corrected chi connectivity index (χ4v) is 5.07. The van der Waals surface area contributed by atoms with E-state index in [-0.39, 0.29) is 11.1 Å². The molecule has 1 amide bonds. The van der Waals surface area contributed by atoms with Crippen LogP contribution in [0.2, 0.25) is 0 Å². The largest absolute Gasteiger partial charge is 0.298 e. The van der Waals surface area contributed by atoms with Crippen molar-refractivity contribution in [3.63, 3.8) is 0 Å². The summed E-state index contributed by atoms with van der Waals surface area (Å²) in [6.07, 6.45) is 6.63. The van der Waals surface area contributed by atoms with E-state index in [0.717, 1.165) is 41.9 Å². The van der Waals surface area contributed by atoms with Gasteiger partial charge in [0.2, 0.25) is 0 Å². The highest BCUT2D eigenvalue weighted by Crippen LogP contribution is 2.27. The van der Waals surface area contributed by atoms with Crippen LogP contribution >= 0.6 is 22.7 Å². The SMILES string of the molecule is Cc1nc(NC(=O)c2cnc3sc4c(n3c2=O)CCCCC4)sc1C. The summed E-state index contributed by atoms with van der Waals surface area (Å²) in [5, 5.41) is 3.24. The number of anilines is 1. The van der Waals surface area contributed by atoms with Crippen LogP contribution in [0.1, 0.15) is 50.8 Å². The third-order valence-electron chi connectivity index (χ3n) is 4.55. The number of nitrogens with one attached hydrogen (secondary N) is 1. The fourth-order valence-electron chi connectivity index (χ4n) is 3.09. The second kappa shape index (κ2) is 6.34. The lowest BCUT2D eigenvalue weighted by Crippen LogP contribution is -2.27. The summed E-state index contributed by atoms with van der Waals surface area (Å²) in [5.74, 6) is -0.450. The molecule has 130 valence electrons. The maximum atomic E-state index is 12.9. The van der Waals surface area contributed by atoms with E-state index >= 15 is 0 Å². The lowest BCUT2D eigenvalue weighted by atomic mass is 10.2. The Bertz CT molecular complexity index is 1010. The predicted octanol–water partition coefficient (Wildman–Crippen LogP) is 3.35. The quantitative estimate of drug-likeness (QED) is 0.698. The average Bonchev–Trinajstić information content (AvgIpc) is 2.98. The third kappa shape index (κ3) is 2.89. The molecule has 6 nitrogen and oxygen atoms in total. The molecule has 1 N–H and O–H groups in total. The molecule has 1 aliphatic rings. The van der Waals surface area contributed by atoms with Crippen LogP contribution in [0, 0.1) is 13.8 Å². The molecule has 0 spiro atoms. The summed E-state index contributed by atoms with van der Waals surface area (Å²) < 4.78 is 1.64. The third-order valence-corrected chi connectivity index (χ3v) is 6.69. The number of thiazole rings is 2. The molecular formula is C17H18N4O2S2. The van der Waals surface area contributed by atoms with Gasteiger partial charge in [0.15, 0.2) is 10.1 Å². The Hall–Kier alpha value is -2.06. The molecule has 0 aromatic carbocycles. The Morgan fingerprint density at radius 3 is 2.76 bits per heavy atom. The summed E-state index contributed by atoms with van der Waals surface area (Å²) in [6.45, 7) is 3.84. The van der Waals surface area contributed by atoms with E-state index in [9.17, 15) is 9.59 Å². The van der Waals surface area contributed by atoms with Crippen LogP contribution in [0.15, 0.2) is 11.0 Å². The summed E-state index contributed by atoms with van der Waals surface area (Å²) in [6, 6.07) is 0. The van der Waals surface area contributed by atoms with Gasteiger partial charge in [0.1, 0.15) is 5.56 Å². The van der Waals surface area contributed by atoms with Crippen LogP contribution in [0.5, 0.6) is 0 Å². The Labute approximate surface area is 152 Å². The van der Waals surface area contributed by atoms with E-state index in [1.54, 1.807) is 15.7 Å². The summed E-state index contributed by atoms with van der Waals surface area (Å²) >= 11 is 2.97. The van der Waals surface area contributed by atoms with Crippen molar-refractivity contribution in [1.29, 1.82) is 0 Å². The van der Waals surface area contributed by atoms with Gasteiger partial charge in [-0.2, -0.15) is 0 Å². The maximum absolute atomic E-state index is 12.9. The van der Waals surface area contributed by atoms with E-state index in [1.165, 1.54) is 28.8 Å². The number of fused-ring (bicyclic) bond motifs is 3. The molecule has 4 rings (SSSR count). The van der Waals surface area contributed by atoms with Crippen molar-refractivity contribution in [2.75, 3.05) is 5.32 Å². The van der Waals surface area contributed by atoms with Crippen molar-refractivity contribution >= 4 is 38.7 Å². The molecule has 3 aromatic heterocycles. The van der Waals surface area contributed by atoms with Gasteiger partial charge in [0.05, 0.1) is 5.69 Å². The lowest BCUT2D eigenvalue weighted by Gasteiger charge is -2.04. The van der Waals surface area contributed by atoms with E-state index in [2.05, 4.69) is 15.3 Å². The van der Waals surface area contributed by atoms with Gasteiger partial charge < -0.3 is 0 Å². The first-order valence-corrected chi connectivity index (χ1v) is 9.95. The number of hydrogen-bond acceptors (Lipinski definition) is 6. The zero-order chi connectivity index (χ0) is 17.6. The molecule has 1 aliphatic carbocycles. The fraction of sp³-hybridized carbons (Fsp3) is 0.412. The molecule has 0 aliphatic heterocycles. The van der Waals surface area contributed by atoms with Crippen LogP contribution in [-0.4, -0.2) is 20.3 Å². The lowest BCUT2D eigenvalue weighted by molar-refractivity contribution is 0.102. The van der Waals surface area contributed by atoms with Crippen molar-refractivity contribution in [1.82, 2.24) is 14.4 Å². The number of nitrogens with zero attached hydrogens (tertiary/aromatic N) is 3. The van der Waals surface area contributed by atoms with Crippen LogP contribution < -0.4 is 10.9 Å². The Balaban J connectivity index is 1.74. The van der Waals surface area contributed by atoms with E-state index in [0.29, 0.717) is 10.1 Å². The van der Waals surface area contributed by atoms with Gasteiger partial charge in [-0.1, -0.05) is 6.42 Å². The van der Waals surface area contributed by atoms with Crippen molar-refractivity contribution in [3.05, 3.63) is 43.3 Å². The normalized spacial score (nSPS) is 14.3. The number of amides is 1. The minimum Gasteiger partial charge on any atom is -0.298 e. The Morgan fingerprint density at radius 2 is 2.00 bits per heavy atom. The first-order chi connectivity index (χ1) is 12.0. The second-order valence-corrected chi connectivity index (χ2v) is 8.51. The zero-order valence-corrected chi connectivity index (χ0v) is 15.7. The molecule has 25 heavy (non-hydrogen) atoms. The Kier molecular flexibility index (Phi) is 4.16. The van der Waals surface area contributed by atoms with Crippen LogP contribution in [0.3, 0.4) is 0 Å². The maximum Gasteiger partial charge on any atom is 0.271 e. The highest BCUT2D eigenvalue weighted by atomic mass is 32.1. The highest BCUT2D eigenvalue weighted by molar-refractivity contribution is 7.17. The molecule has 0 fully saturated rings. The summed E-state index contributed by atoms with van der Waals surface area (Å²) in [4.78, 5) is 37.1. The van der Waals surface area contributed by atoms with Crippen molar-refractivity contribution in [3.8, 4) is 0 Å². The van der Waals surface area contributed by atoms with E-state index in [1.807, 2.05) is 13.8 Å². The number of hydrogen-bond donors (Lipinski definition) is 1. The molecule has 0 atom stereocenters. The van der Waals surface area contributed by atoms with Crippen LogP contribution in [-0.2, 0) is 12.8 Å². The highest BCUT2D eigenvalue weighted by Gasteiger charge is 2.21. The monoisotopic (exact) mass is 374 g/mol. The molecule has 0 radical (unpaired) electrons. The van der Waals surface area contributed by atoms with Crippen LogP contribution in [0.25, 0.3) is 4.96 Å². The average molecular weight is 374 g/mol. The number of aryl methyl sites for hydroxylation is 4. The first-order valence-electron chi connectivity index (χ1n) is 8.32. The van der Waals surface area contributed by atoms with Crippen molar-refractivity contribution in [2.24, 2.45) is 0 Å². The Morgan fingerprint density at radius 1 is 1.20 bits per heavy atom. The summed E-state index contributed by atoms with van der Waals surface area (Å²) in [5.41, 5.74) is 1.69. The summed E-state index contributed by atoms with van der Waals surface area (Å²) in [7, 11) is 0. The first kappa shape index (κ1) is 16.4. The number of aromatic nitrogens is 3. The zero-order valence-electron chi connectivity index (χ0n) is 14.1. The van der Waals surface area contributed by atoms with Gasteiger partial charge in [0.25, 0.3) is 11.5 Å². The van der Waals surface area contributed by atoms with Gasteiger partial charge in [-0.25, -0.2) is 9.97 Å². The second-order valence-electron chi connectivity index (χ2n) is 6.24. The van der Waals surface area contributed by atoms with Crippen LogP contribution in [0.4, 0.5) is 5.13 Å². The standard InChI is InChI=1S/C17H18N4O2S2/c1-9-10(2)24-16(19-9)20-14(22)11-8-18-17-21(15(11)23)12-6-4-3-5-7-13(12)25-17/h8H,3-7H2,1-2H3,(H,19,20,22). The predicted molar refractivity (Wildman–Crippen MR) is 100 cm³/mol. The number of rotatable bonds is 2. The molecule has 8 heteroatoms. The topological polar surface area (TPSA) is 76.4 Å². The molecule has 0 saturated carbocycles. The van der Waals surface area contributed by atoms with Gasteiger partial charge in [-0.05, 0) is 39.5 Å². The molecule has 0 bridgehead atoms. The molecule has 3 aromatic rings. The molecule has 0 saturated heterocycles. The molecule has 0 unspecified atom stereocenters. The van der Waals surface area contributed by atoms with Gasteiger partial charge in [0, 0.05) is 21.6 Å². The minimum atomic E-state index is -0.450. The van der Waals surface area contributed by atoms with Crippen molar-refractivity contribution < 1.29 is 4.79 Å². The van der Waals surface area contributed by atoms with Gasteiger partial charge in [-0.15, -0.1) is 22.7 Å².